The largest absolute Gasteiger partial charge is 0.497 e. The molecule has 0 aliphatic carbocycles. The zero-order valence-corrected chi connectivity index (χ0v) is 10.2. The minimum Gasteiger partial charge on any atom is -0.497 e. The minimum absolute atomic E-state index is 0.600. The van der Waals surface area contributed by atoms with E-state index in [4.69, 9.17) is 19.9 Å². The van der Waals surface area contributed by atoms with Gasteiger partial charge in [-0.25, -0.2) is 0 Å². The zero-order valence-electron chi connectivity index (χ0n) is 10.2. The van der Waals surface area contributed by atoms with E-state index in [2.05, 4.69) is 0 Å². The second-order valence-electron chi connectivity index (χ2n) is 4.06. The quantitative estimate of drug-likeness (QED) is 0.793. The van der Waals surface area contributed by atoms with E-state index < -0.39 is 0 Å². The van der Waals surface area contributed by atoms with Gasteiger partial charge in [-0.15, -0.1) is 0 Å². The van der Waals surface area contributed by atoms with E-state index in [9.17, 15) is 0 Å². The van der Waals surface area contributed by atoms with Crippen LogP contribution >= 0.6 is 0 Å². The summed E-state index contributed by atoms with van der Waals surface area (Å²) in [4.78, 5) is 0. The Kier molecular flexibility index (Phi) is 4.09. The lowest BCUT2D eigenvalue weighted by Gasteiger charge is -2.22. The number of unbranched alkanes of at least 4 members (excludes halogenated alkanes) is 1. The van der Waals surface area contributed by atoms with Crippen molar-refractivity contribution in [3.05, 3.63) is 17.7 Å². The molecule has 0 atom stereocenters. The van der Waals surface area contributed by atoms with E-state index in [1.165, 1.54) is 0 Å². The summed E-state index contributed by atoms with van der Waals surface area (Å²) in [5.74, 6) is 2.48. The first-order valence-corrected chi connectivity index (χ1v) is 6.01. The average molecular weight is 237 g/mol. The number of fused-ring (bicyclic) bond motifs is 1. The molecule has 2 N–H and O–H groups in total. The van der Waals surface area contributed by atoms with E-state index in [0.29, 0.717) is 13.2 Å². The van der Waals surface area contributed by atoms with Crippen LogP contribution in [0.15, 0.2) is 12.1 Å². The minimum atomic E-state index is 0.600. The fraction of sp³-hybridized carbons (Fsp3) is 0.538. The Hall–Kier alpha value is -1.42. The number of hydrogen-bond acceptors (Lipinski definition) is 4. The highest BCUT2D eigenvalue weighted by atomic mass is 16.6. The summed E-state index contributed by atoms with van der Waals surface area (Å²) in [5.41, 5.74) is 6.65. The average Bonchev–Trinajstić information content (AvgIpc) is 2.38. The van der Waals surface area contributed by atoms with Crippen LogP contribution in [-0.4, -0.2) is 26.9 Å². The van der Waals surface area contributed by atoms with Crippen molar-refractivity contribution in [2.75, 3.05) is 26.9 Å². The van der Waals surface area contributed by atoms with Crippen molar-refractivity contribution in [2.24, 2.45) is 5.73 Å². The predicted octanol–water partition coefficient (Wildman–Crippen LogP) is 1.75. The molecule has 1 heterocycles. The maximum Gasteiger partial charge on any atom is 0.165 e. The molecule has 0 saturated heterocycles. The number of benzene rings is 1. The van der Waals surface area contributed by atoms with Crippen LogP contribution in [0.5, 0.6) is 17.2 Å². The third-order valence-electron chi connectivity index (χ3n) is 2.83. The first-order chi connectivity index (χ1) is 8.35. The van der Waals surface area contributed by atoms with Gasteiger partial charge in [0.15, 0.2) is 11.5 Å². The number of rotatable bonds is 5. The van der Waals surface area contributed by atoms with Crippen LogP contribution in [0.3, 0.4) is 0 Å². The Balaban J connectivity index is 2.21. The van der Waals surface area contributed by atoms with Gasteiger partial charge in [0, 0.05) is 11.6 Å². The summed E-state index contributed by atoms with van der Waals surface area (Å²) in [7, 11) is 1.66. The molecule has 0 saturated carbocycles. The van der Waals surface area contributed by atoms with Crippen LogP contribution in [0.4, 0.5) is 0 Å². The molecule has 0 bridgehead atoms. The lowest BCUT2D eigenvalue weighted by molar-refractivity contribution is 0.169. The normalized spacial score (nSPS) is 13.5. The van der Waals surface area contributed by atoms with Gasteiger partial charge in [-0.1, -0.05) is 0 Å². The van der Waals surface area contributed by atoms with Crippen molar-refractivity contribution < 1.29 is 14.2 Å². The molecule has 17 heavy (non-hydrogen) atoms. The number of hydrogen-bond donors (Lipinski definition) is 1. The van der Waals surface area contributed by atoms with Crippen molar-refractivity contribution >= 4 is 0 Å². The molecular weight excluding hydrogens is 218 g/mol. The smallest absolute Gasteiger partial charge is 0.165 e. The van der Waals surface area contributed by atoms with Gasteiger partial charge in [-0.2, -0.15) is 0 Å². The van der Waals surface area contributed by atoms with Crippen LogP contribution in [0.1, 0.15) is 18.4 Å². The SMILES string of the molecule is COc1cc(CCCCN)c2c(c1)OCCO2. The maximum atomic E-state index is 5.67. The topological polar surface area (TPSA) is 53.7 Å². The van der Waals surface area contributed by atoms with Crippen molar-refractivity contribution in [1.82, 2.24) is 0 Å². The molecule has 1 aliphatic heterocycles. The fourth-order valence-electron chi connectivity index (χ4n) is 1.96. The first kappa shape index (κ1) is 12.0. The second kappa shape index (κ2) is 5.77. The van der Waals surface area contributed by atoms with Gasteiger partial charge in [-0.3, -0.25) is 0 Å². The highest BCUT2D eigenvalue weighted by Crippen LogP contribution is 2.38. The Bertz CT molecular complexity index is 379. The van der Waals surface area contributed by atoms with Gasteiger partial charge in [0.25, 0.3) is 0 Å². The molecule has 0 radical (unpaired) electrons. The highest BCUT2D eigenvalue weighted by Gasteiger charge is 2.17. The van der Waals surface area contributed by atoms with Crippen LogP contribution in [0.2, 0.25) is 0 Å². The van der Waals surface area contributed by atoms with E-state index in [0.717, 1.165) is 48.6 Å². The van der Waals surface area contributed by atoms with Crippen molar-refractivity contribution in [1.29, 1.82) is 0 Å². The Morgan fingerprint density at radius 1 is 1.24 bits per heavy atom. The van der Waals surface area contributed by atoms with E-state index in [1.807, 2.05) is 12.1 Å². The first-order valence-electron chi connectivity index (χ1n) is 6.01. The molecule has 0 amide bonds. The molecular formula is C13H19NO3. The summed E-state index contributed by atoms with van der Waals surface area (Å²) in [6.45, 7) is 1.94. The van der Waals surface area contributed by atoms with Crippen LogP contribution < -0.4 is 19.9 Å². The summed E-state index contributed by atoms with van der Waals surface area (Å²) in [6, 6.07) is 3.89. The van der Waals surface area contributed by atoms with Crippen molar-refractivity contribution in [2.45, 2.75) is 19.3 Å². The van der Waals surface area contributed by atoms with Gasteiger partial charge >= 0.3 is 0 Å². The highest BCUT2D eigenvalue weighted by molar-refractivity contribution is 5.52. The Morgan fingerprint density at radius 2 is 2.06 bits per heavy atom. The monoisotopic (exact) mass is 237 g/mol. The van der Waals surface area contributed by atoms with E-state index in [-0.39, 0.29) is 0 Å². The van der Waals surface area contributed by atoms with Crippen molar-refractivity contribution in [3.8, 4) is 17.2 Å². The Morgan fingerprint density at radius 3 is 2.82 bits per heavy atom. The lowest BCUT2D eigenvalue weighted by atomic mass is 10.1. The van der Waals surface area contributed by atoms with E-state index >= 15 is 0 Å². The maximum absolute atomic E-state index is 5.67. The summed E-state index contributed by atoms with van der Waals surface area (Å²) in [6.07, 6.45) is 3.02. The number of nitrogens with two attached hydrogens (primary N) is 1. The zero-order chi connectivity index (χ0) is 12.1. The standard InChI is InChI=1S/C13H19NO3/c1-15-11-8-10(4-2-3-5-14)13-12(9-11)16-6-7-17-13/h8-9H,2-7,14H2,1H3. The van der Waals surface area contributed by atoms with Gasteiger partial charge < -0.3 is 19.9 Å². The predicted molar refractivity (Wildman–Crippen MR) is 66.0 cm³/mol. The molecule has 1 aromatic carbocycles. The third-order valence-corrected chi connectivity index (χ3v) is 2.83. The molecule has 4 nitrogen and oxygen atoms in total. The molecule has 2 rings (SSSR count). The van der Waals surface area contributed by atoms with Crippen LogP contribution in [0.25, 0.3) is 0 Å². The summed E-state index contributed by atoms with van der Waals surface area (Å²) in [5, 5.41) is 0. The number of ether oxygens (including phenoxy) is 3. The third kappa shape index (κ3) is 2.82. The summed E-state index contributed by atoms with van der Waals surface area (Å²) < 4.78 is 16.5. The fourth-order valence-corrected chi connectivity index (χ4v) is 1.96. The molecule has 1 aliphatic rings. The Labute approximate surface area is 102 Å². The van der Waals surface area contributed by atoms with Crippen LogP contribution in [-0.2, 0) is 6.42 Å². The van der Waals surface area contributed by atoms with Crippen LogP contribution in [0, 0.1) is 0 Å². The summed E-state index contributed by atoms with van der Waals surface area (Å²) >= 11 is 0. The van der Waals surface area contributed by atoms with Gasteiger partial charge in [0.05, 0.1) is 7.11 Å². The second-order valence-corrected chi connectivity index (χ2v) is 4.06. The molecule has 1 aromatic rings. The lowest BCUT2D eigenvalue weighted by Crippen LogP contribution is -2.16. The number of aryl methyl sites for hydroxylation is 1. The molecule has 0 aromatic heterocycles. The van der Waals surface area contributed by atoms with E-state index in [1.54, 1.807) is 7.11 Å². The van der Waals surface area contributed by atoms with Crippen molar-refractivity contribution in [3.63, 3.8) is 0 Å². The molecule has 0 fully saturated rings. The number of methoxy groups -OCH3 is 1. The van der Waals surface area contributed by atoms with Gasteiger partial charge in [0.2, 0.25) is 0 Å². The molecule has 94 valence electrons. The van der Waals surface area contributed by atoms with Gasteiger partial charge in [-0.05, 0) is 31.9 Å². The molecule has 0 unspecified atom stereocenters. The molecule has 4 heteroatoms. The molecule has 0 spiro atoms. The van der Waals surface area contributed by atoms with Gasteiger partial charge in [0.1, 0.15) is 19.0 Å².